The van der Waals surface area contributed by atoms with Gasteiger partial charge in [-0.3, -0.25) is 4.79 Å². The van der Waals surface area contributed by atoms with Crippen LogP contribution in [0.4, 0.5) is 0 Å². The van der Waals surface area contributed by atoms with E-state index in [-0.39, 0.29) is 25.6 Å². The predicted molar refractivity (Wildman–Crippen MR) is 344 cm³/mol. The molecule has 11 atom stereocenters. The van der Waals surface area contributed by atoms with E-state index in [9.17, 15) is 40.5 Å². The van der Waals surface area contributed by atoms with Crippen molar-refractivity contribution in [3.63, 3.8) is 0 Å². The van der Waals surface area contributed by atoms with Crippen LogP contribution < -0.4 is 0 Å². The summed E-state index contributed by atoms with van der Waals surface area (Å²) in [7, 11) is 0. The number of carbonyl (C=O) groups excluding carboxylic acids is 1. The average Bonchev–Trinajstić information content (AvgIpc) is 2.82. The van der Waals surface area contributed by atoms with Crippen LogP contribution >= 0.6 is 0 Å². The van der Waals surface area contributed by atoms with Crippen LogP contribution in [-0.2, 0) is 33.2 Å². The molecule has 0 aromatic heterocycles. The van der Waals surface area contributed by atoms with Crippen molar-refractivity contribution in [2.75, 3.05) is 33.0 Å². The largest absolute Gasteiger partial charge is 0.457 e. The number of aliphatic hydroxyl groups excluding tert-OH is 7. The van der Waals surface area contributed by atoms with E-state index < -0.39 is 80.7 Å². The van der Waals surface area contributed by atoms with E-state index in [1.165, 1.54) is 199 Å². The Hall–Kier alpha value is -2.31. The summed E-state index contributed by atoms with van der Waals surface area (Å²) in [6.45, 7) is 3.70. The van der Waals surface area contributed by atoms with Crippen LogP contribution in [0.1, 0.15) is 284 Å². The fraction of sp³-hybridized carbons (Fsp3) is 0.845. The van der Waals surface area contributed by atoms with Crippen LogP contribution in [0.15, 0.2) is 60.8 Å². The molecule has 0 aromatic rings. The molecule has 2 rings (SSSR count). The molecule has 0 bridgehead atoms. The van der Waals surface area contributed by atoms with Gasteiger partial charge in [0.15, 0.2) is 12.6 Å². The summed E-state index contributed by atoms with van der Waals surface area (Å²) >= 11 is 0. The molecule has 0 spiro atoms. The first-order valence-corrected chi connectivity index (χ1v) is 34.9. The molecule has 0 amide bonds. The number of hydrogen-bond donors (Lipinski definition) is 7. The molecule has 0 saturated carbocycles. The SMILES string of the molecule is CCCCCCC/C=C\C/C=C\C/C=C\CCCCCCCCCCCCCOCC(COC1OC(COC2OC(CO)C(O)C(O)C2O)C(O)C(O)C1O)OC(=O)CCCCCCCCCCCCCCC/C=C\C/C=C\CCCCCCC. The first-order valence-electron chi connectivity index (χ1n) is 34.9. The van der Waals surface area contributed by atoms with Gasteiger partial charge in [-0.1, -0.05) is 254 Å². The Balaban J connectivity index is 1.64. The summed E-state index contributed by atoms with van der Waals surface area (Å²) < 4.78 is 34.6. The van der Waals surface area contributed by atoms with Crippen molar-refractivity contribution in [3.8, 4) is 0 Å². The molecule has 7 N–H and O–H groups in total. The standard InChI is InChI=1S/C71H128O14/c1-3-5-7-9-11-13-15-17-19-21-23-25-27-29-31-33-35-37-39-41-43-45-47-49-51-53-55-80-57-60(58-81-70-69(79)67(77)65(75)62(85-70)59-82-71-68(78)66(76)64(74)61(56-72)84-71)83-63(73)54-52-50-48-46-44-42-40-38-36-34-32-30-28-26-24-22-20-18-16-14-12-10-8-6-4-2/h15-18,21-24,27,29,60-62,64-72,74-79H,3-14,19-20,25-26,28,30-59H2,1-2H3/b17-15-,18-16-,23-21-,24-22-,29-27-. The first kappa shape index (κ1) is 78.8. The van der Waals surface area contributed by atoms with Gasteiger partial charge in [0, 0.05) is 13.0 Å². The van der Waals surface area contributed by atoms with E-state index >= 15 is 0 Å². The van der Waals surface area contributed by atoms with Crippen LogP contribution in [0.2, 0.25) is 0 Å². The number of ether oxygens (including phenoxy) is 6. The van der Waals surface area contributed by atoms with Gasteiger partial charge >= 0.3 is 5.97 Å². The van der Waals surface area contributed by atoms with Gasteiger partial charge in [-0.15, -0.1) is 0 Å². The van der Waals surface area contributed by atoms with Gasteiger partial charge in [0.2, 0.25) is 0 Å². The van der Waals surface area contributed by atoms with Crippen molar-refractivity contribution < 1.29 is 69.0 Å². The maximum atomic E-state index is 13.2. The Morgan fingerprint density at radius 1 is 0.388 bits per heavy atom. The molecule has 14 heteroatoms. The number of rotatable bonds is 58. The number of esters is 1. The molecule has 85 heavy (non-hydrogen) atoms. The van der Waals surface area contributed by atoms with Gasteiger partial charge in [-0.25, -0.2) is 0 Å². The van der Waals surface area contributed by atoms with Crippen LogP contribution in [-0.4, -0.2) is 142 Å². The fourth-order valence-electron chi connectivity index (χ4n) is 10.9. The van der Waals surface area contributed by atoms with Crippen molar-refractivity contribution in [3.05, 3.63) is 60.8 Å². The fourth-order valence-corrected chi connectivity index (χ4v) is 10.9. The first-order chi connectivity index (χ1) is 41.6. The highest BCUT2D eigenvalue weighted by molar-refractivity contribution is 5.69. The molecule has 2 heterocycles. The molecule has 496 valence electrons. The van der Waals surface area contributed by atoms with Gasteiger partial charge in [0.25, 0.3) is 0 Å². The van der Waals surface area contributed by atoms with Gasteiger partial charge in [0.1, 0.15) is 54.9 Å². The highest BCUT2D eigenvalue weighted by Crippen LogP contribution is 2.27. The summed E-state index contributed by atoms with van der Waals surface area (Å²) in [5.74, 6) is -0.375. The second kappa shape index (κ2) is 56.9. The number of allylic oxidation sites excluding steroid dienone is 10. The van der Waals surface area contributed by atoms with Crippen LogP contribution in [0.3, 0.4) is 0 Å². The second-order valence-electron chi connectivity index (χ2n) is 24.3. The lowest BCUT2D eigenvalue weighted by atomic mass is 9.98. The minimum absolute atomic E-state index is 0.0592. The molecule has 2 fully saturated rings. The number of aliphatic hydroxyl groups is 7. The number of carbonyl (C=O) groups is 1. The molecule has 2 aliphatic heterocycles. The quantitative estimate of drug-likeness (QED) is 0.0171. The molecular formula is C71H128O14. The summed E-state index contributed by atoms with van der Waals surface area (Å²) in [4.78, 5) is 13.2. The van der Waals surface area contributed by atoms with Crippen molar-refractivity contribution in [2.45, 2.75) is 351 Å². The Morgan fingerprint density at radius 2 is 0.729 bits per heavy atom. The highest BCUT2D eigenvalue weighted by Gasteiger charge is 2.47. The molecule has 0 aromatic carbocycles. The number of hydrogen-bond acceptors (Lipinski definition) is 14. The predicted octanol–water partition coefficient (Wildman–Crippen LogP) is 14.8. The normalized spacial score (nSPS) is 23.5. The van der Waals surface area contributed by atoms with E-state index in [1.54, 1.807) is 0 Å². The third kappa shape index (κ3) is 42.3. The van der Waals surface area contributed by atoms with Crippen LogP contribution in [0.25, 0.3) is 0 Å². The molecular weight excluding hydrogens is 1080 g/mol. The molecule has 11 unspecified atom stereocenters. The molecule has 2 aliphatic rings. The average molecular weight is 1210 g/mol. The van der Waals surface area contributed by atoms with Gasteiger partial charge in [-0.05, 0) is 83.5 Å². The molecule has 0 radical (unpaired) electrons. The molecule has 2 saturated heterocycles. The summed E-state index contributed by atoms with van der Waals surface area (Å²) in [5.41, 5.74) is 0. The third-order valence-corrected chi connectivity index (χ3v) is 16.5. The van der Waals surface area contributed by atoms with Crippen molar-refractivity contribution in [2.24, 2.45) is 0 Å². The lowest BCUT2D eigenvalue weighted by Gasteiger charge is -2.42. The van der Waals surface area contributed by atoms with Crippen LogP contribution in [0.5, 0.6) is 0 Å². The van der Waals surface area contributed by atoms with Gasteiger partial charge in [0.05, 0.1) is 26.4 Å². The summed E-state index contributed by atoms with van der Waals surface area (Å²) in [5, 5.41) is 72.6. The molecule has 14 nitrogen and oxygen atoms in total. The van der Waals surface area contributed by atoms with Crippen LogP contribution in [0, 0.1) is 0 Å². The monoisotopic (exact) mass is 1200 g/mol. The van der Waals surface area contributed by atoms with E-state index in [0.29, 0.717) is 13.0 Å². The topological polar surface area (TPSA) is 214 Å². The minimum Gasteiger partial charge on any atom is -0.457 e. The van der Waals surface area contributed by atoms with Crippen molar-refractivity contribution in [1.29, 1.82) is 0 Å². The highest BCUT2D eigenvalue weighted by atomic mass is 16.7. The Morgan fingerprint density at radius 3 is 1.14 bits per heavy atom. The maximum Gasteiger partial charge on any atom is 0.306 e. The zero-order valence-electron chi connectivity index (χ0n) is 53.8. The van der Waals surface area contributed by atoms with E-state index in [4.69, 9.17) is 28.4 Å². The third-order valence-electron chi connectivity index (χ3n) is 16.5. The summed E-state index contributed by atoms with van der Waals surface area (Å²) in [6, 6.07) is 0. The van der Waals surface area contributed by atoms with E-state index in [1.807, 2.05) is 0 Å². The zero-order valence-corrected chi connectivity index (χ0v) is 53.8. The van der Waals surface area contributed by atoms with Gasteiger partial charge in [-0.2, -0.15) is 0 Å². The Bertz CT molecular complexity index is 1640. The second-order valence-corrected chi connectivity index (χ2v) is 24.3. The lowest BCUT2D eigenvalue weighted by molar-refractivity contribution is -0.332. The minimum atomic E-state index is -1.71. The Labute approximate surface area is 517 Å². The number of unbranched alkanes of at least 4 members (excludes halogenated alkanes) is 34. The van der Waals surface area contributed by atoms with E-state index in [2.05, 4.69) is 74.6 Å². The zero-order chi connectivity index (χ0) is 61.5. The summed E-state index contributed by atoms with van der Waals surface area (Å²) in [6.07, 6.45) is 57.2. The van der Waals surface area contributed by atoms with Gasteiger partial charge < -0.3 is 64.2 Å². The van der Waals surface area contributed by atoms with Crippen molar-refractivity contribution in [1.82, 2.24) is 0 Å². The molecule has 0 aliphatic carbocycles. The lowest BCUT2D eigenvalue weighted by Crippen LogP contribution is -2.61. The van der Waals surface area contributed by atoms with Crippen molar-refractivity contribution >= 4 is 5.97 Å². The maximum absolute atomic E-state index is 13.2. The smallest absolute Gasteiger partial charge is 0.306 e. The van der Waals surface area contributed by atoms with E-state index in [0.717, 1.165) is 57.8 Å². The Kier molecular flexibility index (Phi) is 52.7.